The molecule has 2 aromatic carbocycles. The van der Waals surface area contributed by atoms with Crippen LogP contribution in [0.25, 0.3) is 0 Å². The fraction of sp³-hybridized carbons (Fsp3) is 0.754. The second-order valence-corrected chi connectivity index (χ2v) is 18.0. The summed E-state index contributed by atoms with van der Waals surface area (Å²) in [7, 11) is 16.8. The minimum Gasteiger partial charge on any atom is -0.394 e. The second kappa shape index (κ2) is 60.4. The first-order valence-corrected chi connectivity index (χ1v) is 27.0. The summed E-state index contributed by atoms with van der Waals surface area (Å²) in [5.41, 5.74) is 1.89. The van der Waals surface area contributed by atoms with Gasteiger partial charge < -0.3 is 127 Å². The molecule has 3 aliphatic rings. The van der Waals surface area contributed by atoms with Crippen molar-refractivity contribution in [2.75, 3.05) is 111 Å². The Bertz CT molecular complexity index is 1720. The van der Waals surface area contributed by atoms with Gasteiger partial charge in [-0.05, 0) is 6.42 Å². The van der Waals surface area contributed by atoms with Gasteiger partial charge in [0.15, 0.2) is 44.0 Å². The second-order valence-electron chi connectivity index (χ2n) is 18.0. The molecule has 3 aliphatic heterocycles. The van der Waals surface area contributed by atoms with Gasteiger partial charge in [0.2, 0.25) is 0 Å². The number of aliphatic hydroxyl groups excluding tert-OH is 9. The van der Waals surface area contributed by atoms with E-state index in [9.17, 15) is 20.1 Å². The predicted molar refractivity (Wildman–Crippen MR) is 328 cm³/mol. The quantitative estimate of drug-likeness (QED) is 0.0308. The maximum atomic E-state index is 9.84. The van der Waals surface area contributed by atoms with Crippen LogP contribution in [-0.4, -0.2) is 262 Å². The van der Waals surface area contributed by atoms with Gasteiger partial charge in [-0.3, -0.25) is 0 Å². The van der Waals surface area contributed by atoms with Gasteiger partial charge in [0.05, 0.1) is 63.6 Å². The lowest BCUT2D eigenvalue weighted by molar-refractivity contribution is -0.301. The van der Waals surface area contributed by atoms with E-state index in [0.717, 1.165) is 11.1 Å². The molecule has 3 heterocycles. The molecule has 0 aliphatic carbocycles. The molecule has 2 aromatic rings. The first-order chi connectivity index (χ1) is 39.9. The molecule has 26 nitrogen and oxygen atoms in total. The van der Waals surface area contributed by atoms with Gasteiger partial charge in [0.25, 0.3) is 0 Å². The topological polar surface area (TPSA) is 347 Å². The number of benzene rings is 2. The lowest BCUT2D eigenvalue weighted by atomic mass is 10.1. The predicted octanol–water partition coefficient (Wildman–Crippen LogP) is 4.46. The SMILES string of the molecule is C.C.C.C.C=CCC(O)C(OC)OC.CC.COC(OC)C(O)CC(O)CO.COC(OC)C1CC(CO)OC(c2ccccc2)O1.COCC(O)CC(O)C=O.COCC1CC(C(OC)OC)OC(c2ccccc2)O1.COCC1CC(O)C(O)O1. The van der Waals surface area contributed by atoms with Crippen LogP contribution in [0.1, 0.15) is 106 Å². The Labute approximate surface area is 520 Å². The van der Waals surface area contributed by atoms with Gasteiger partial charge in [-0.1, -0.05) is 110 Å². The smallest absolute Gasteiger partial charge is 0.184 e. The van der Waals surface area contributed by atoms with E-state index in [1.807, 2.05) is 74.5 Å². The molecule has 0 amide bonds. The van der Waals surface area contributed by atoms with Crippen LogP contribution in [0.3, 0.4) is 0 Å². The molecule has 3 fully saturated rings. The van der Waals surface area contributed by atoms with Crippen molar-refractivity contribution in [3.05, 3.63) is 84.4 Å². The summed E-state index contributed by atoms with van der Waals surface area (Å²) in [6.45, 7) is 8.14. The Morgan fingerprint density at radius 2 is 0.931 bits per heavy atom. The van der Waals surface area contributed by atoms with E-state index >= 15 is 0 Å². The highest BCUT2D eigenvalue weighted by molar-refractivity contribution is 5.55. The first-order valence-electron chi connectivity index (χ1n) is 27.0. The molecule has 14 atom stereocenters. The zero-order valence-corrected chi connectivity index (χ0v) is 50.8. The standard InChI is InChI=1S/C15H22O5.C14H20O5.C7H16O5.C7H14O3.2C6H12O4.C2H6.4CH4/c1-16-10-12-9-13(15(17-2)18-3)20-14(19-12)11-7-5-4-6-8-11;1-16-14(17-2)12-8-11(9-15)18-13(19-12)10-6-4-3-5-7-10;1-11-7(12-2)6(10)3-5(9)4-8;1-4-5-6(8)7(9-2)10-3;1-9-3-4-2-5(7)6(8)10-4;1-10-4-6(9)2-5(8)3-7;1-2;;;;/h4-8,12-15H,9-10H2,1-3H3;3-7,11-15H,8-9H2,1-2H3;5-10H,3-4H2,1-2H3;4,6-8H,1,5H2,2-3H3;4-8H,2-3H2,1H3;3,5-6,8-9H,2,4H2,1H3;1-2H3;4*1H4. The molecule has 0 aromatic heterocycles. The third kappa shape index (κ3) is 41.1. The number of carbonyl (C=O) groups excluding carboxylic acids is 1. The van der Waals surface area contributed by atoms with Crippen molar-refractivity contribution in [3.8, 4) is 0 Å². The number of aldehydes is 1. The minimum atomic E-state index is -1.08. The van der Waals surface area contributed by atoms with Gasteiger partial charge in [0, 0.05) is 121 Å². The number of carbonyl (C=O) groups is 1. The van der Waals surface area contributed by atoms with Crippen molar-refractivity contribution in [1.82, 2.24) is 0 Å². The van der Waals surface area contributed by atoms with Crippen LogP contribution < -0.4 is 0 Å². The molecule has 0 spiro atoms. The van der Waals surface area contributed by atoms with Crippen molar-refractivity contribution < 1.29 is 127 Å². The van der Waals surface area contributed by atoms with E-state index in [2.05, 4.69) is 11.3 Å². The molecule has 14 unspecified atom stereocenters. The Kier molecular flexibility index (Phi) is 65.9. The molecule has 26 heteroatoms. The third-order valence-corrected chi connectivity index (χ3v) is 11.7. The van der Waals surface area contributed by atoms with E-state index in [1.165, 1.54) is 35.5 Å². The molecule has 0 saturated carbocycles. The number of hydrogen-bond donors (Lipinski definition) is 9. The summed E-state index contributed by atoms with van der Waals surface area (Å²) < 4.78 is 83.0. The van der Waals surface area contributed by atoms with Crippen molar-refractivity contribution in [2.24, 2.45) is 0 Å². The molecule has 3 saturated heterocycles. The van der Waals surface area contributed by atoms with Gasteiger partial charge >= 0.3 is 0 Å². The van der Waals surface area contributed by atoms with E-state index in [0.29, 0.717) is 45.2 Å². The number of rotatable bonds is 29. The number of ether oxygens (including phenoxy) is 16. The van der Waals surface area contributed by atoms with Crippen LogP contribution in [0, 0.1) is 0 Å². The minimum absolute atomic E-state index is 0. The van der Waals surface area contributed by atoms with Crippen LogP contribution >= 0.6 is 0 Å². The van der Waals surface area contributed by atoms with Gasteiger partial charge in [-0.25, -0.2) is 0 Å². The monoisotopic (exact) mass is 1270 g/mol. The van der Waals surface area contributed by atoms with Crippen molar-refractivity contribution in [2.45, 2.75) is 193 Å². The highest BCUT2D eigenvalue weighted by atomic mass is 16.8. The highest BCUT2D eigenvalue weighted by Crippen LogP contribution is 2.33. The summed E-state index contributed by atoms with van der Waals surface area (Å²) in [5, 5.41) is 80.6. The van der Waals surface area contributed by atoms with Gasteiger partial charge in [-0.15, -0.1) is 6.58 Å². The largest absolute Gasteiger partial charge is 0.394 e. The molecule has 9 N–H and O–H groups in total. The molecule has 0 radical (unpaired) electrons. The summed E-state index contributed by atoms with van der Waals surface area (Å²) in [4.78, 5) is 9.84. The number of aliphatic hydroxyl groups is 9. The molecule has 0 bridgehead atoms. The number of methoxy groups -OCH3 is 11. The first kappa shape index (κ1) is 95.0. The molecular formula is C61H118O26. The maximum Gasteiger partial charge on any atom is 0.184 e. The zero-order chi connectivity index (χ0) is 63.1. The van der Waals surface area contributed by atoms with Gasteiger partial charge in [-0.2, -0.15) is 0 Å². The lowest BCUT2D eigenvalue weighted by Crippen LogP contribution is -2.43. The summed E-state index contributed by atoms with van der Waals surface area (Å²) in [5.74, 6) is 0. The summed E-state index contributed by atoms with van der Waals surface area (Å²) in [6.07, 6.45) is -5.95. The van der Waals surface area contributed by atoms with E-state index in [1.54, 1.807) is 48.7 Å². The van der Waals surface area contributed by atoms with Gasteiger partial charge in [0.1, 0.15) is 42.9 Å². The lowest BCUT2D eigenvalue weighted by Gasteiger charge is -2.38. The van der Waals surface area contributed by atoms with Crippen LogP contribution in [0.15, 0.2) is 73.3 Å². The fourth-order valence-corrected chi connectivity index (χ4v) is 7.75. The zero-order valence-electron chi connectivity index (χ0n) is 50.8. The van der Waals surface area contributed by atoms with Crippen LogP contribution in [0.5, 0.6) is 0 Å². The Hall–Kier alpha value is -3.15. The van der Waals surface area contributed by atoms with Crippen molar-refractivity contribution in [3.63, 3.8) is 0 Å². The molecular weight excluding hydrogens is 1150 g/mol. The molecule has 518 valence electrons. The summed E-state index contributed by atoms with van der Waals surface area (Å²) in [6, 6.07) is 19.5. The molecule has 87 heavy (non-hydrogen) atoms. The van der Waals surface area contributed by atoms with Crippen LogP contribution in [-0.2, 0) is 80.6 Å². The van der Waals surface area contributed by atoms with E-state index in [-0.39, 0.29) is 92.9 Å². The normalized spacial score (nSPS) is 22.7. The molecule has 5 rings (SSSR count). The van der Waals surface area contributed by atoms with E-state index in [4.69, 9.17) is 102 Å². The Morgan fingerprint density at radius 3 is 1.26 bits per heavy atom. The van der Waals surface area contributed by atoms with Crippen molar-refractivity contribution >= 4 is 6.29 Å². The van der Waals surface area contributed by atoms with Crippen molar-refractivity contribution in [1.29, 1.82) is 0 Å². The average molecular weight is 1270 g/mol. The Morgan fingerprint density at radius 1 is 0.529 bits per heavy atom. The van der Waals surface area contributed by atoms with Crippen LogP contribution in [0.2, 0.25) is 0 Å². The number of hydrogen-bond acceptors (Lipinski definition) is 26. The maximum absolute atomic E-state index is 9.84. The fourth-order valence-electron chi connectivity index (χ4n) is 7.75. The summed E-state index contributed by atoms with van der Waals surface area (Å²) >= 11 is 0. The average Bonchev–Trinajstić information content (AvgIpc) is 3.65. The highest BCUT2D eigenvalue weighted by Gasteiger charge is 2.37. The van der Waals surface area contributed by atoms with Crippen LogP contribution in [0.4, 0.5) is 0 Å². The van der Waals surface area contributed by atoms with E-state index < -0.39 is 80.7 Å². The third-order valence-electron chi connectivity index (χ3n) is 11.7. The Balaban J connectivity index is -0.000000229.